The fourth-order valence-electron chi connectivity index (χ4n) is 3.47. The molecule has 1 aliphatic rings. The first kappa shape index (κ1) is 17.2. The van der Waals surface area contributed by atoms with Gasteiger partial charge in [-0.05, 0) is 55.7 Å². The second-order valence-electron chi connectivity index (χ2n) is 6.63. The van der Waals surface area contributed by atoms with Crippen LogP contribution < -0.4 is 0 Å². The minimum Gasteiger partial charge on any atom is -0.440 e. The van der Waals surface area contributed by atoms with Gasteiger partial charge < -0.3 is 4.42 Å². The Morgan fingerprint density at radius 2 is 2.04 bits per heavy atom. The number of rotatable bonds is 3. The lowest BCUT2D eigenvalue weighted by molar-refractivity contribution is 0.288. The number of sulfonamides is 1. The highest BCUT2D eigenvalue weighted by molar-refractivity contribution is 7.89. The average molecular weight is 374 g/mol. The van der Waals surface area contributed by atoms with E-state index in [1.54, 1.807) is 6.92 Å². The monoisotopic (exact) mass is 374 g/mol. The molecule has 5 nitrogen and oxygen atoms in total. The minimum absolute atomic E-state index is 0.0910. The van der Waals surface area contributed by atoms with Gasteiger partial charge in [-0.15, -0.1) is 0 Å². The van der Waals surface area contributed by atoms with Crippen LogP contribution in [0.5, 0.6) is 0 Å². The molecule has 2 aromatic carbocycles. The first-order valence-electron chi connectivity index (χ1n) is 8.57. The van der Waals surface area contributed by atoms with Gasteiger partial charge in [0.25, 0.3) is 0 Å². The van der Waals surface area contributed by atoms with Gasteiger partial charge in [-0.2, -0.15) is 4.31 Å². The Kier molecular flexibility index (Phi) is 4.28. The van der Waals surface area contributed by atoms with Crippen LogP contribution in [0.1, 0.15) is 30.2 Å². The number of hydrogen-bond donors (Lipinski definition) is 0. The Morgan fingerprint density at radius 1 is 1.23 bits per heavy atom. The third-order valence-corrected chi connectivity index (χ3v) is 6.82. The number of hydrogen-bond acceptors (Lipinski definition) is 4. The van der Waals surface area contributed by atoms with E-state index >= 15 is 0 Å². The SMILES string of the molecule is Cc1cc(F)ccc1S(=O)(=O)N1CCCC(c2nc3ccccc3o2)C1. The number of fused-ring (bicyclic) bond motifs is 1. The Labute approximate surface area is 151 Å². The summed E-state index contributed by atoms with van der Waals surface area (Å²) in [4.78, 5) is 4.67. The summed E-state index contributed by atoms with van der Waals surface area (Å²) in [7, 11) is -3.68. The van der Waals surface area contributed by atoms with E-state index < -0.39 is 15.8 Å². The molecule has 1 saturated heterocycles. The van der Waals surface area contributed by atoms with E-state index in [0.29, 0.717) is 30.1 Å². The molecule has 1 fully saturated rings. The standard InChI is InChI=1S/C19H19FN2O3S/c1-13-11-15(20)8-9-18(13)26(23,24)22-10-4-5-14(12-22)19-21-16-6-2-3-7-17(16)25-19/h2-3,6-9,11,14H,4-5,10,12H2,1H3. The van der Waals surface area contributed by atoms with Crippen LogP contribution in [-0.4, -0.2) is 30.8 Å². The zero-order chi connectivity index (χ0) is 18.3. The summed E-state index contributed by atoms with van der Waals surface area (Å²) in [5.41, 5.74) is 1.89. The van der Waals surface area contributed by atoms with Gasteiger partial charge in [0.2, 0.25) is 10.0 Å². The maximum atomic E-state index is 13.3. The Bertz CT molecular complexity index is 1030. The lowest BCUT2D eigenvalue weighted by atomic mass is 10.00. The van der Waals surface area contributed by atoms with Gasteiger partial charge in [0.05, 0.1) is 4.90 Å². The summed E-state index contributed by atoms with van der Waals surface area (Å²) in [6, 6.07) is 11.3. The van der Waals surface area contributed by atoms with Gasteiger partial charge in [-0.3, -0.25) is 0 Å². The molecule has 0 aliphatic carbocycles. The van der Waals surface area contributed by atoms with Gasteiger partial charge >= 0.3 is 0 Å². The molecule has 0 spiro atoms. The van der Waals surface area contributed by atoms with Crippen molar-refractivity contribution in [2.24, 2.45) is 0 Å². The van der Waals surface area contributed by atoms with E-state index in [1.165, 1.54) is 22.5 Å². The number of nitrogens with zero attached hydrogens (tertiary/aromatic N) is 2. The van der Waals surface area contributed by atoms with E-state index in [9.17, 15) is 12.8 Å². The van der Waals surface area contributed by atoms with Crippen LogP contribution in [0, 0.1) is 12.7 Å². The third-order valence-electron chi connectivity index (χ3n) is 4.80. The van der Waals surface area contributed by atoms with Crippen LogP contribution in [0.25, 0.3) is 11.1 Å². The number of aromatic nitrogens is 1. The Balaban J connectivity index is 1.63. The lowest BCUT2D eigenvalue weighted by Gasteiger charge is -2.30. The molecule has 1 unspecified atom stereocenters. The molecule has 1 aromatic heterocycles. The largest absolute Gasteiger partial charge is 0.440 e. The first-order valence-corrected chi connectivity index (χ1v) is 10.0. The number of aryl methyl sites for hydroxylation is 1. The Morgan fingerprint density at radius 3 is 2.81 bits per heavy atom. The van der Waals surface area contributed by atoms with Gasteiger partial charge in [0.1, 0.15) is 11.3 Å². The topological polar surface area (TPSA) is 63.4 Å². The molecule has 0 bridgehead atoms. The van der Waals surface area contributed by atoms with E-state index in [0.717, 1.165) is 18.4 Å². The van der Waals surface area contributed by atoms with Crippen molar-refractivity contribution in [1.82, 2.24) is 9.29 Å². The highest BCUT2D eigenvalue weighted by Crippen LogP contribution is 2.32. The van der Waals surface area contributed by atoms with Crippen molar-refractivity contribution >= 4 is 21.1 Å². The zero-order valence-corrected chi connectivity index (χ0v) is 15.2. The zero-order valence-electron chi connectivity index (χ0n) is 14.4. The second-order valence-corrected chi connectivity index (χ2v) is 8.54. The van der Waals surface area contributed by atoms with Crippen LogP contribution in [0.4, 0.5) is 4.39 Å². The van der Waals surface area contributed by atoms with Crippen molar-refractivity contribution in [1.29, 1.82) is 0 Å². The second kappa shape index (κ2) is 6.48. The quantitative estimate of drug-likeness (QED) is 0.699. The van der Waals surface area contributed by atoms with E-state index in [1.807, 2.05) is 24.3 Å². The van der Waals surface area contributed by atoms with Gasteiger partial charge in [-0.1, -0.05) is 12.1 Å². The summed E-state index contributed by atoms with van der Waals surface area (Å²) >= 11 is 0. The molecule has 0 N–H and O–H groups in total. The summed E-state index contributed by atoms with van der Waals surface area (Å²) in [6.07, 6.45) is 1.55. The van der Waals surface area contributed by atoms with Crippen LogP contribution in [-0.2, 0) is 10.0 Å². The van der Waals surface area contributed by atoms with Crippen molar-refractivity contribution in [2.75, 3.05) is 13.1 Å². The van der Waals surface area contributed by atoms with Crippen molar-refractivity contribution < 1.29 is 17.2 Å². The normalized spacial score (nSPS) is 19.1. The number of benzene rings is 2. The molecule has 0 radical (unpaired) electrons. The molecule has 4 rings (SSSR count). The number of para-hydroxylation sites is 2. The molecule has 7 heteroatoms. The number of oxazole rings is 1. The van der Waals surface area contributed by atoms with Crippen LogP contribution >= 0.6 is 0 Å². The van der Waals surface area contributed by atoms with Gasteiger partial charge in [0.15, 0.2) is 11.5 Å². The van der Waals surface area contributed by atoms with Crippen LogP contribution in [0.3, 0.4) is 0 Å². The van der Waals surface area contributed by atoms with Crippen molar-refractivity contribution in [3.8, 4) is 0 Å². The number of halogens is 1. The molecule has 1 aliphatic heterocycles. The maximum Gasteiger partial charge on any atom is 0.243 e. The summed E-state index contributed by atoms with van der Waals surface area (Å²) in [5, 5.41) is 0. The van der Waals surface area contributed by atoms with Crippen molar-refractivity contribution in [3.05, 3.63) is 59.7 Å². The number of piperidine rings is 1. The third kappa shape index (κ3) is 3.01. The predicted molar refractivity (Wildman–Crippen MR) is 95.9 cm³/mol. The fourth-order valence-corrected chi connectivity index (χ4v) is 5.20. The summed E-state index contributed by atoms with van der Waals surface area (Å²) < 4.78 is 46.7. The molecular weight excluding hydrogens is 355 g/mol. The maximum absolute atomic E-state index is 13.3. The molecule has 2 heterocycles. The molecule has 136 valence electrons. The van der Waals surface area contributed by atoms with Gasteiger partial charge in [-0.25, -0.2) is 17.8 Å². The highest BCUT2D eigenvalue weighted by atomic mass is 32.2. The van der Waals surface area contributed by atoms with Crippen LogP contribution in [0.15, 0.2) is 51.8 Å². The molecule has 0 saturated carbocycles. The molecule has 1 atom stereocenters. The highest BCUT2D eigenvalue weighted by Gasteiger charge is 2.33. The van der Waals surface area contributed by atoms with Crippen molar-refractivity contribution in [3.63, 3.8) is 0 Å². The first-order chi connectivity index (χ1) is 12.4. The minimum atomic E-state index is -3.68. The van der Waals surface area contributed by atoms with Crippen LogP contribution in [0.2, 0.25) is 0 Å². The van der Waals surface area contributed by atoms with E-state index in [2.05, 4.69) is 4.98 Å². The van der Waals surface area contributed by atoms with Gasteiger partial charge in [0, 0.05) is 19.0 Å². The molecule has 3 aromatic rings. The van der Waals surface area contributed by atoms with Crippen molar-refractivity contribution in [2.45, 2.75) is 30.6 Å². The fraction of sp³-hybridized carbons (Fsp3) is 0.316. The smallest absolute Gasteiger partial charge is 0.243 e. The molecular formula is C19H19FN2O3S. The van der Waals surface area contributed by atoms with E-state index in [4.69, 9.17) is 4.42 Å². The van der Waals surface area contributed by atoms with E-state index in [-0.39, 0.29) is 10.8 Å². The lowest BCUT2D eigenvalue weighted by Crippen LogP contribution is -2.39. The summed E-state index contributed by atoms with van der Waals surface area (Å²) in [5.74, 6) is 0.0399. The molecule has 26 heavy (non-hydrogen) atoms. The Hall–Kier alpha value is -2.25. The molecule has 0 amide bonds. The average Bonchev–Trinajstić information content (AvgIpc) is 3.06. The summed E-state index contributed by atoms with van der Waals surface area (Å²) in [6.45, 7) is 2.36. The predicted octanol–water partition coefficient (Wildman–Crippen LogP) is 3.84.